The molecule has 0 unspecified atom stereocenters. The smallest absolute Gasteiger partial charge is 0.208 e. The second-order valence-corrected chi connectivity index (χ2v) is 8.86. The quantitative estimate of drug-likeness (QED) is 0.456. The first-order chi connectivity index (χ1) is 16.0. The number of imidazole rings is 1. The van der Waals surface area contributed by atoms with Gasteiger partial charge < -0.3 is 25.6 Å². The highest BCUT2D eigenvalue weighted by molar-refractivity contribution is 5.81. The van der Waals surface area contributed by atoms with Crippen LogP contribution in [0.15, 0.2) is 24.4 Å². The standard InChI is InChI=1S/C23H27F3N6O/c24-13-9-17(25)22(18(26)10-13)31-23-30-19-12-28-21(29-14-5-7-27-8-6-14)11-20(19)32(23)15-1-3-16(33)4-2-15/h9-12,14-16,27,33H,1-8H2,(H,28,29)(H,30,31). The van der Waals surface area contributed by atoms with Gasteiger partial charge in [0.25, 0.3) is 0 Å². The molecule has 2 aromatic heterocycles. The van der Waals surface area contributed by atoms with Gasteiger partial charge in [-0.05, 0) is 51.6 Å². The van der Waals surface area contributed by atoms with Gasteiger partial charge in [0.05, 0.1) is 17.8 Å². The Morgan fingerprint density at radius 3 is 2.36 bits per heavy atom. The Morgan fingerprint density at radius 2 is 1.67 bits per heavy atom. The van der Waals surface area contributed by atoms with Crippen molar-refractivity contribution in [1.29, 1.82) is 0 Å². The first-order valence-corrected chi connectivity index (χ1v) is 11.4. The highest BCUT2D eigenvalue weighted by atomic mass is 19.1. The molecule has 2 aliphatic rings. The van der Waals surface area contributed by atoms with Crippen LogP contribution in [0.5, 0.6) is 0 Å². The van der Waals surface area contributed by atoms with Crippen LogP contribution in [0.3, 0.4) is 0 Å². The molecule has 0 bridgehead atoms. The molecule has 1 aliphatic heterocycles. The Labute approximate surface area is 189 Å². The maximum atomic E-state index is 14.4. The summed E-state index contributed by atoms with van der Waals surface area (Å²) in [4.78, 5) is 9.05. The molecule has 176 valence electrons. The van der Waals surface area contributed by atoms with Crippen LogP contribution in [-0.4, -0.2) is 44.9 Å². The number of rotatable bonds is 5. The third-order valence-electron chi connectivity index (χ3n) is 6.54. The summed E-state index contributed by atoms with van der Waals surface area (Å²) in [7, 11) is 0. The number of piperidine rings is 1. The normalized spacial score (nSPS) is 21.9. The molecule has 3 heterocycles. The molecule has 1 saturated carbocycles. The average Bonchev–Trinajstić information content (AvgIpc) is 3.15. The van der Waals surface area contributed by atoms with Crippen molar-refractivity contribution in [3.8, 4) is 0 Å². The molecule has 0 radical (unpaired) electrons. The van der Waals surface area contributed by atoms with Crippen molar-refractivity contribution >= 4 is 28.5 Å². The third-order valence-corrected chi connectivity index (χ3v) is 6.54. The van der Waals surface area contributed by atoms with Crippen molar-refractivity contribution in [2.75, 3.05) is 23.7 Å². The Bertz CT molecular complexity index is 1120. The van der Waals surface area contributed by atoms with E-state index in [1.807, 2.05) is 10.6 Å². The molecule has 1 aromatic carbocycles. The number of aromatic nitrogens is 3. The summed E-state index contributed by atoms with van der Waals surface area (Å²) in [6, 6.07) is 3.49. The van der Waals surface area contributed by atoms with Gasteiger partial charge in [0.2, 0.25) is 5.95 Å². The van der Waals surface area contributed by atoms with Crippen molar-refractivity contribution in [3.05, 3.63) is 41.8 Å². The van der Waals surface area contributed by atoms with E-state index in [4.69, 9.17) is 0 Å². The number of fused-ring (bicyclic) bond motifs is 1. The minimum atomic E-state index is -1.03. The highest BCUT2D eigenvalue weighted by Crippen LogP contribution is 2.36. The van der Waals surface area contributed by atoms with Crippen molar-refractivity contribution < 1.29 is 18.3 Å². The zero-order valence-corrected chi connectivity index (χ0v) is 18.1. The maximum absolute atomic E-state index is 14.4. The topological polar surface area (TPSA) is 87.0 Å². The van der Waals surface area contributed by atoms with E-state index < -0.39 is 23.1 Å². The summed E-state index contributed by atoms with van der Waals surface area (Å²) < 4.78 is 44.0. The van der Waals surface area contributed by atoms with Gasteiger partial charge in [0.1, 0.15) is 22.8 Å². The van der Waals surface area contributed by atoms with Gasteiger partial charge in [-0.2, -0.15) is 0 Å². The molecular weight excluding hydrogens is 433 g/mol. The number of nitrogens with zero attached hydrogens (tertiary/aromatic N) is 3. The summed E-state index contributed by atoms with van der Waals surface area (Å²) in [5.41, 5.74) is 0.917. The molecule has 4 N–H and O–H groups in total. The molecule has 1 aliphatic carbocycles. The van der Waals surface area contributed by atoms with Gasteiger partial charge in [0.15, 0.2) is 11.6 Å². The van der Waals surface area contributed by atoms with Crippen molar-refractivity contribution in [2.24, 2.45) is 0 Å². The van der Waals surface area contributed by atoms with E-state index in [-0.39, 0.29) is 18.1 Å². The summed E-state index contributed by atoms with van der Waals surface area (Å²) in [5, 5.41) is 19.5. The lowest BCUT2D eigenvalue weighted by atomic mass is 9.93. The van der Waals surface area contributed by atoms with E-state index in [9.17, 15) is 18.3 Å². The van der Waals surface area contributed by atoms with Crippen LogP contribution in [0.2, 0.25) is 0 Å². The van der Waals surface area contributed by atoms with Gasteiger partial charge in [-0.15, -0.1) is 0 Å². The Hall–Kier alpha value is -2.85. The van der Waals surface area contributed by atoms with Crippen molar-refractivity contribution in [2.45, 2.75) is 56.7 Å². The number of aliphatic hydroxyl groups is 1. The number of nitrogens with one attached hydrogen (secondary N) is 3. The van der Waals surface area contributed by atoms with Crippen LogP contribution in [0, 0.1) is 17.5 Å². The fraction of sp³-hybridized carbons (Fsp3) is 0.478. The first-order valence-electron chi connectivity index (χ1n) is 11.4. The monoisotopic (exact) mass is 460 g/mol. The van der Waals surface area contributed by atoms with Gasteiger partial charge >= 0.3 is 0 Å². The number of hydrogen-bond acceptors (Lipinski definition) is 6. The fourth-order valence-electron chi connectivity index (χ4n) is 4.80. The molecule has 0 spiro atoms. The lowest BCUT2D eigenvalue weighted by Crippen LogP contribution is -2.35. The van der Waals surface area contributed by atoms with Gasteiger partial charge in [0, 0.05) is 30.3 Å². The Kier molecular flexibility index (Phi) is 6.11. The van der Waals surface area contributed by atoms with Gasteiger partial charge in [-0.25, -0.2) is 23.1 Å². The average molecular weight is 461 g/mol. The second kappa shape index (κ2) is 9.18. The maximum Gasteiger partial charge on any atom is 0.208 e. The van der Waals surface area contributed by atoms with Crippen LogP contribution >= 0.6 is 0 Å². The number of hydrogen-bond donors (Lipinski definition) is 4. The summed E-state index contributed by atoms with van der Waals surface area (Å²) in [6.07, 6.45) is 5.96. The molecule has 2 fully saturated rings. The number of benzene rings is 1. The number of halogens is 3. The van der Waals surface area contributed by atoms with E-state index in [1.54, 1.807) is 6.20 Å². The third kappa shape index (κ3) is 4.63. The molecular formula is C23H27F3N6O. The summed E-state index contributed by atoms with van der Waals surface area (Å²) in [6.45, 7) is 1.90. The fourth-order valence-corrected chi connectivity index (χ4v) is 4.80. The van der Waals surface area contributed by atoms with E-state index in [0.29, 0.717) is 49.4 Å². The minimum absolute atomic E-state index is 0.0124. The lowest BCUT2D eigenvalue weighted by Gasteiger charge is -2.28. The van der Waals surface area contributed by atoms with E-state index >= 15 is 0 Å². The van der Waals surface area contributed by atoms with Crippen molar-refractivity contribution in [3.63, 3.8) is 0 Å². The number of anilines is 3. The van der Waals surface area contributed by atoms with E-state index in [1.165, 1.54) is 0 Å². The summed E-state index contributed by atoms with van der Waals surface area (Å²) >= 11 is 0. The van der Waals surface area contributed by atoms with E-state index in [0.717, 1.165) is 37.3 Å². The zero-order chi connectivity index (χ0) is 22.9. The molecule has 5 rings (SSSR count). The van der Waals surface area contributed by atoms with E-state index in [2.05, 4.69) is 25.9 Å². The van der Waals surface area contributed by atoms with Crippen molar-refractivity contribution in [1.82, 2.24) is 19.9 Å². The number of pyridine rings is 1. The second-order valence-electron chi connectivity index (χ2n) is 8.86. The first kappa shape index (κ1) is 22.0. The minimum Gasteiger partial charge on any atom is -0.393 e. The largest absolute Gasteiger partial charge is 0.393 e. The van der Waals surface area contributed by atoms with Crippen LogP contribution in [0.1, 0.15) is 44.6 Å². The lowest BCUT2D eigenvalue weighted by molar-refractivity contribution is 0.112. The molecule has 33 heavy (non-hydrogen) atoms. The summed E-state index contributed by atoms with van der Waals surface area (Å²) in [5.74, 6) is -2.06. The highest BCUT2D eigenvalue weighted by Gasteiger charge is 2.26. The van der Waals surface area contributed by atoms with Gasteiger partial charge in [-0.3, -0.25) is 0 Å². The predicted molar refractivity (Wildman–Crippen MR) is 120 cm³/mol. The van der Waals surface area contributed by atoms with Crippen LogP contribution in [0.25, 0.3) is 11.0 Å². The molecule has 0 amide bonds. The Balaban J connectivity index is 1.54. The molecule has 1 saturated heterocycles. The van der Waals surface area contributed by atoms with Gasteiger partial charge in [-0.1, -0.05) is 0 Å². The predicted octanol–water partition coefficient (Wildman–Crippen LogP) is 4.23. The Morgan fingerprint density at radius 1 is 0.970 bits per heavy atom. The van der Waals surface area contributed by atoms with Crippen LogP contribution in [0.4, 0.5) is 30.6 Å². The molecule has 0 atom stereocenters. The molecule has 10 heteroatoms. The molecule has 7 nitrogen and oxygen atoms in total. The van der Waals surface area contributed by atoms with Crippen LogP contribution in [-0.2, 0) is 0 Å². The number of aliphatic hydroxyl groups excluding tert-OH is 1. The zero-order valence-electron chi connectivity index (χ0n) is 18.1. The van der Waals surface area contributed by atoms with Crippen LogP contribution < -0.4 is 16.0 Å². The SMILES string of the molecule is OC1CCC(n2c(Nc3c(F)cc(F)cc3F)nc3cnc(NC4CCNCC4)cc32)CC1. The molecule has 3 aromatic rings.